The summed E-state index contributed by atoms with van der Waals surface area (Å²) in [5.74, 6) is 0.161. The highest BCUT2D eigenvalue weighted by atomic mass is 19.1. The van der Waals surface area contributed by atoms with Crippen LogP contribution in [0.4, 0.5) is 8.78 Å². The van der Waals surface area contributed by atoms with Crippen molar-refractivity contribution >= 4 is 0 Å². The Morgan fingerprint density at radius 2 is 1.86 bits per heavy atom. The zero-order chi connectivity index (χ0) is 15.2. The van der Waals surface area contributed by atoms with Crippen molar-refractivity contribution in [3.63, 3.8) is 0 Å². The normalized spacial score (nSPS) is 17.9. The number of rotatable bonds is 6. The van der Waals surface area contributed by atoms with Crippen molar-refractivity contribution in [1.82, 2.24) is 5.32 Å². The fraction of sp³-hybridized carbons (Fsp3) is 0.667. The van der Waals surface area contributed by atoms with Gasteiger partial charge in [0.05, 0.1) is 0 Å². The molecule has 0 radical (unpaired) electrons. The summed E-state index contributed by atoms with van der Waals surface area (Å²) in [5.41, 5.74) is 0.856. The van der Waals surface area contributed by atoms with Crippen molar-refractivity contribution in [2.45, 2.75) is 64.8 Å². The monoisotopic (exact) mass is 295 g/mol. The van der Waals surface area contributed by atoms with Gasteiger partial charge in [-0.25, -0.2) is 8.78 Å². The van der Waals surface area contributed by atoms with Gasteiger partial charge in [0.15, 0.2) is 0 Å². The first-order valence-corrected chi connectivity index (χ1v) is 8.30. The van der Waals surface area contributed by atoms with Crippen LogP contribution < -0.4 is 5.32 Å². The van der Waals surface area contributed by atoms with Gasteiger partial charge in [0.2, 0.25) is 0 Å². The van der Waals surface area contributed by atoms with Crippen molar-refractivity contribution < 1.29 is 8.78 Å². The number of hydrogen-bond acceptors (Lipinski definition) is 1. The molecule has 2 rings (SSSR count). The third-order valence-electron chi connectivity index (χ3n) is 4.69. The topological polar surface area (TPSA) is 12.0 Å². The highest BCUT2D eigenvalue weighted by Crippen LogP contribution is 2.31. The van der Waals surface area contributed by atoms with E-state index < -0.39 is 0 Å². The molecule has 1 unspecified atom stereocenters. The minimum Gasteiger partial charge on any atom is -0.310 e. The number of nitrogens with one attached hydrogen (secondary N) is 1. The van der Waals surface area contributed by atoms with Crippen molar-refractivity contribution in [2.24, 2.45) is 5.92 Å². The van der Waals surface area contributed by atoms with Gasteiger partial charge in [-0.15, -0.1) is 0 Å². The fourth-order valence-electron chi connectivity index (χ4n) is 3.42. The van der Waals surface area contributed by atoms with Gasteiger partial charge < -0.3 is 5.32 Å². The average Bonchev–Trinajstić information content (AvgIpc) is 2.48. The van der Waals surface area contributed by atoms with Crippen LogP contribution in [0.5, 0.6) is 0 Å². The molecule has 21 heavy (non-hydrogen) atoms. The summed E-state index contributed by atoms with van der Waals surface area (Å²) in [6.07, 6.45) is 8.58. The smallest absolute Gasteiger partial charge is 0.128 e. The standard InChI is InChI=1S/C18H27F2N/c1-3-21-18(10-9-14-7-5-4-6-8-14)15-12-16(19)13(2)11-17(15)20/h11-12,14,18,21H,3-10H2,1-2H3. The van der Waals surface area contributed by atoms with Crippen molar-refractivity contribution in [1.29, 1.82) is 0 Å². The lowest BCUT2D eigenvalue weighted by atomic mass is 9.84. The Bertz CT molecular complexity index is 453. The molecule has 0 aliphatic heterocycles. The molecule has 0 saturated heterocycles. The maximum Gasteiger partial charge on any atom is 0.128 e. The molecule has 1 saturated carbocycles. The third-order valence-corrected chi connectivity index (χ3v) is 4.69. The Hall–Kier alpha value is -0.960. The molecular weight excluding hydrogens is 268 g/mol. The first-order valence-electron chi connectivity index (χ1n) is 8.30. The van der Waals surface area contributed by atoms with Gasteiger partial charge >= 0.3 is 0 Å². The van der Waals surface area contributed by atoms with Crippen LogP contribution in [0.3, 0.4) is 0 Å². The quantitative estimate of drug-likeness (QED) is 0.752. The molecular formula is C18H27F2N. The number of aryl methyl sites for hydroxylation is 1. The number of hydrogen-bond donors (Lipinski definition) is 1. The number of halogens is 2. The van der Waals surface area contributed by atoms with E-state index in [1.807, 2.05) is 6.92 Å². The lowest BCUT2D eigenvalue weighted by Crippen LogP contribution is -2.23. The van der Waals surface area contributed by atoms with Crippen LogP contribution in [0.1, 0.15) is 69.0 Å². The Labute approximate surface area is 127 Å². The largest absolute Gasteiger partial charge is 0.310 e. The van der Waals surface area contributed by atoms with Gasteiger partial charge in [0.1, 0.15) is 11.6 Å². The van der Waals surface area contributed by atoms with Gasteiger partial charge in [0, 0.05) is 11.6 Å². The van der Waals surface area contributed by atoms with Crippen LogP contribution in [-0.4, -0.2) is 6.54 Å². The molecule has 1 fully saturated rings. The van der Waals surface area contributed by atoms with Crippen molar-refractivity contribution in [2.75, 3.05) is 6.54 Å². The molecule has 1 atom stereocenters. The van der Waals surface area contributed by atoms with Gasteiger partial charge in [0.25, 0.3) is 0 Å². The first kappa shape index (κ1) is 16.4. The Morgan fingerprint density at radius 1 is 1.14 bits per heavy atom. The van der Waals surface area contributed by atoms with E-state index >= 15 is 0 Å². The summed E-state index contributed by atoms with van der Waals surface area (Å²) in [7, 11) is 0. The van der Waals surface area contributed by atoms with Crippen LogP contribution in [0.25, 0.3) is 0 Å². The predicted octanol–water partition coefficient (Wildman–Crippen LogP) is 5.28. The van der Waals surface area contributed by atoms with E-state index in [2.05, 4.69) is 5.32 Å². The second kappa shape index (κ2) is 7.88. The van der Waals surface area contributed by atoms with Crippen LogP contribution in [-0.2, 0) is 0 Å². The van der Waals surface area contributed by atoms with Gasteiger partial charge in [-0.1, -0.05) is 39.0 Å². The molecule has 118 valence electrons. The molecule has 0 aromatic heterocycles. The lowest BCUT2D eigenvalue weighted by molar-refractivity contribution is 0.313. The van der Waals surface area contributed by atoms with E-state index in [1.54, 1.807) is 6.92 Å². The summed E-state index contributed by atoms with van der Waals surface area (Å²) < 4.78 is 27.9. The van der Waals surface area contributed by atoms with Gasteiger partial charge in [-0.05, 0) is 49.9 Å². The summed E-state index contributed by atoms with van der Waals surface area (Å²) in [4.78, 5) is 0. The summed E-state index contributed by atoms with van der Waals surface area (Å²) in [5, 5.41) is 3.32. The van der Waals surface area contributed by atoms with Crippen LogP contribution in [0.15, 0.2) is 12.1 Å². The summed E-state index contributed by atoms with van der Waals surface area (Å²) in [6, 6.07) is 2.61. The zero-order valence-electron chi connectivity index (χ0n) is 13.2. The highest BCUT2D eigenvalue weighted by molar-refractivity contribution is 5.27. The Balaban J connectivity index is 2.05. The van der Waals surface area contributed by atoms with Crippen molar-refractivity contribution in [3.8, 4) is 0 Å². The molecule has 0 spiro atoms. The van der Waals surface area contributed by atoms with Crippen LogP contribution in [0, 0.1) is 24.5 Å². The maximum absolute atomic E-state index is 14.2. The highest BCUT2D eigenvalue weighted by Gasteiger charge is 2.20. The lowest BCUT2D eigenvalue weighted by Gasteiger charge is -2.25. The van der Waals surface area contributed by atoms with E-state index in [9.17, 15) is 8.78 Å². The first-order chi connectivity index (χ1) is 10.1. The Morgan fingerprint density at radius 3 is 2.52 bits per heavy atom. The van der Waals surface area contributed by atoms with Crippen molar-refractivity contribution in [3.05, 3.63) is 34.9 Å². The fourth-order valence-corrected chi connectivity index (χ4v) is 3.42. The second-order valence-electron chi connectivity index (χ2n) is 6.31. The molecule has 1 aromatic carbocycles. The van der Waals surface area contributed by atoms with Crippen LogP contribution >= 0.6 is 0 Å². The van der Waals surface area contributed by atoms with E-state index in [0.717, 1.165) is 25.3 Å². The zero-order valence-corrected chi connectivity index (χ0v) is 13.2. The predicted molar refractivity (Wildman–Crippen MR) is 83.3 cm³/mol. The molecule has 1 aliphatic rings. The van der Waals surface area contributed by atoms with Gasteiger partial charge in [-0.2, -0.15) is 0 Å². The molecule has 1 N–H and O–H groups in total. The molecule has 0 bridgehead atoms. The minimum absolute atomic E-state index is 0.0768. The average molecular weight is 295 g/mol. The SMILES string of the molecule is CCNC(CCC1CCCCC1)c1cc(F)c(C)cc1F. The second-order valence-corrected chi connectivity index (χ2v) is 6.31. The molecule has 1 aliphatic carbocycles. The van der Waals surface area contributed by atoms with E-state index in [1.165, 1.54) is 44.2 Å². The maximum atomic E-state index is 14.2. The van der Waals surface area contributed by atoms with Gasteiger partial charge in [-0.3, -0.25) is 0 Å². The minimum atomic E-state index is -0.313. The third kappa shape index (κ3) is 4.50. The summed E-state index contributed by atoms with van der Waals surface area (Å²) >= 11 is 0. The Kier molecular flexibility index (Phi) is 6.16. The molecule has 1 aromatic rings. The van der Waals surface area contributed by atoms with E-state index in [-0.39, 0.29) is 17.7 Å². The molecule has 1 nitrogen and oxygen atoms in total. The molecule has 0 amide bonds. The number of benzene rings is 1. The molecule has 3 heteroatoms. The van der Waals surface area contributed by atoms with E-state index in [4.69, 9.17) is 0 Å². The van der Waals surface area contributed by atoms with Crippen LogP contribution in [0.2, 0.25) is 0 Å². The molecule has 0 heterocycles. The summed E-state index contributed by atoms with van der Waals surface area (Å²) in [6.45, 7) is 4.38. The van der Waals surface area contributed by atoms with E-state index in [0.29, 0.717) is 11.1 Å².